The molecule has 0 aromatic heterocycles. The van der Waals surface area contributed by atoms with Crippen molar-refractivity contribution in [2.45, 2.75) is 35.6 Å². The first-order chi connectivity index (χ1) is 24.9. The summed E-state index contributed by atoms with van der Waals surface area (Å²) in [5, 5.41) is 27.4. The van der Waals surface area contributed by atoms with E-state index in [1.54, 1.807) is 36.4 Å². The molecule has 0 saturated carbocycles. The molecule has 3 amide bonds. The van der Waals surface area contributed by atoms with E-state index in [0.29, 0.717) is 28.2 Å². The molecule has 1 aliphatic heterocycles. The Kier molecular flexibility index (Phi) is 12.9. The van der Waals surface area contributed by atoms with Crippen LogP contribution in [0.25, 0.3) is 0 Å². The number of aliphatic hydroxyl groups is 1. The summed E-state index contributed by atoms with van der Waals surface area (Å²) in [6.07, 6.45) is -0.968. The summed E-state index contributed by atoms with van der Waals surface area (Å²) in [7, 11) is 0. The number of β-lactam (4-membered cyclic amide) rings is 1. The van der Waals surface area contributed by atoms with Crippen molar-refractivity contribution in [3.05, 3.63) is 137 Å². The van der Waals surface area contributed by atoms with Crippen molar-refractivity contribution in [3.63, 3.8) is 0 Å². The largest absolute Gasteiger partial charge is 0.484 e. The molecule has 5 rings (SSSR count). The molecule has 4 atom stereocenters. The van der Waals surface area contributed by atoms with Gasteiger partial charge in [-0.3, -0.25) is 14.4 Å². The van der Waals surface area contributed by atoms with E-state index >= 15 is 0 Å². The Labute approximate surface area is 307 Å². The number of aliphatic carboxylic acids is 1. The smallest absolute Gasteiger partial charge is 0.327 e. The fourth-order valence-corrected chi connectivity index (χ4v) is 7.90. The Morgan fingerprint density at radius 1 is 0.865 bits per heavy atom. The van der Waals surface area contributed by atoms with Gasteiger partial charge in [0.25, 0.3) is 5.91 Å². The number of carbonyl (C=O) groups is 4. The summed E-state index contributed by atoms with van der Waals surface area (Å²) in [4.78, 5) is 49.5. The number of rotatable bonds is 17. The Hall–Kier alpha value is -4.92. The van der Waals surface area contributed by atoms with Crippen LogP contribution < -0.4 is 20.7 Å². The molecule has 52 heavy (non-hydrogen) atoms. The number of benzene rings is 4. The molecule has 0 radical (unpaired) electrons. The van der Waals surface area contributed by atoms with E-state index in [2.05, 4.69) is 16.0 Å². The van der Waals surface area contributed by atoms with Gasteiger partial charge in [0.15, 0.2) is 6.61 Å². The number of hydrogen-bond acceptors (Lipinski definition) is 8. The van der Waals surface area contributed by atoms with Crippen LogP contribution in [-0.2, 0) is 30.5 Å². The second kappa shape index (κ2) is 17.5. The predicted molar refractivity (Wildman–Crippen MR) is 195 cm³/mol. The number of hydrogen-bond donors (Lipinski definition) is 5. The van der Waals surface area contributed by atoms with Gasteiger partial charge in [0.2, 0.25) is 11.8 Å². The van der Waals surface area contributed by atoms with Crippen LogP contribution in [0.15, 0.2) is 97.1 Å². The van der Waals surface area contributed by atoms with E-state index in [9.17, 15) is 38.2 Å². The number of carbonyl (C=O) groups excluding carboxylic acids is 3. The van der Waals surface area contributed by atoms with Crippen LogP contribution in [0.3, 0.4) is 0 Å². The Bertz CT molecular complexity index is 1860. The number of aryl methyl sites for hydroxylation is 1. The van der Waals surface area contributed by atoms with Crippen molar-refractivity contribution >= 4 is 47.2 Å². The summed E-state index contributed by atoms with van der Waals surface area (Å²) >= 11 is 2.58. The Morgan fingerprint density at radius 2 is 1.46 bits per heavy atom. The van der Waals surface area contributed by atoms with Gasteiger partial charge in [-0.05, 0) is 65.6 Å². The second-order valence-corrected chi connectivity index (χ2v) is 14.3. The molecular formula is C38H37F2N3O7S2. The molecule has 14 heteroatoms. The van der Waals surface area contributed by atoms with E-state index in [1.807, 2.05) is 31.2 Å². The summed E-state index contributed by atoms with van der Waals surface area (Å²) in [5.41, 5.74) is 2.84. The van der Waals surface area contributed by atoms with Crippen molar-refractivity contribution in [1.29, 1.82) is 0 Å². The molecule has 0 bridgehead atoms. The zero-order valence-electron chi connectivity index (χ0n) is 28.0. The summed E-state index contributed by atoms with van der Waals surface area (Å²) in [6, 6.07) is 24.5. The fourth-order valence-electron chi connectivity index (χ4n) is 5.53. The monoisotopic (exact) mass is 749 g/mol. The molecule has 1 heterocycles. The zero-order valence-corrected chi connectivity index (χ0v) is 29.6. The van der Waals surface area contributed by atoms with Crippen LogP contribution in [0.5, 0.6) is 5.75 Å². The molecule has 10 nitrogen and oxygen atoms in total. The molecule has 272 valence electrons. The maximum atomic E-state index is 13.9. The highest BCUT2D eigenvalue weighted by Crippen LogP contribution is 2.46. The molecule has 0 spiro atoms. The molecule has 0 aliphatic carbocycles. The lowest BCUT2D eigenvalue weighted by atomic mass is 9.74. The number of aliphatic hydroxyl groups excluding tert-OH is 1. The second-order valence-electron chi connectivity index (χ2n) is 12.1. The number of halogens is 2. The molecule has 5 N–H and O–H groups in total. The average Bonchev–Trinajstić information content (AvgIpc) is 3.13. The van der Waals surface area contributed by atoms with Crippen LogP contribution in [0.2, 0.25) is 0 Å². The highest BCUT2D eigenvalue weighted by molar-refractivity contribution is 8.00. The van der Waals surface area contributed by atoms with Crippen LogP contribution >= 0.6 is 23.5 Å². The first-order valence-corrected chi connectivity index (χ1v) is 18.4. The average molecular weight is 750 g/mol. The molecule has 4 aromatic rings. The van der Waals surface area contributed by atoms with Crippen molar-refractivity contribution in [2.24, 2.45) is 0 Å². The minimum Gasteiger partial charge on any atom is -0.484 e. The lowest BCUT2D eigenvalue weighted by molar-refractivity contribution is -0.141. The van der Waals surface area contributed by atoms with E-state index < -0.39 is 65.5 Å². The van der Waals surface area contributed by atoms with E-state index in [-0.39, 0.29) is 17.4 Å². The van der Waals surface area contributed by atoms with E-state index in [1.165, 1.54) is 59.9 Å². The van der Waals surface area contributed by atoms with Gasteiger partial charge in [-0.25, -0.2) is 13.6 Å². The van der Waals surface area contributed by atoms with Gasteiger partial charge in [0.05, 0.1) is 12.6 Å². The third-order valence-corrected chi connectivity index (χ3v) is 10.9. The normalized spacial score (nSPS) is 17.6. The van der Waals surface area contributed by atoms with Gasteiger partial charge >= 0.3 is 5.97 Å². The highest BCUT2D eigenvalue weighted by Gasteiger charge is 2.56. The zero-order chi connectivity index (χ0) is 37.3. The number of thioether (sulfide) groups is 2. The fraction of sp³-hybridized carbons (Fsp3) is 0.263. The van der Waals surface area contributed by atoms with Gasteiger partial charge in [0, 0.05) is 17.3 Å². The third-order valence-electron chi connectivity index (χ3n) is 8.36. The summed E-state index contributed by atoms with van der Waals surface area (Å²) in [6.45, 7) is 1.11. The molecule has 1 aliphatic rings. The van der Waals surface area contributed by atoms with Crippen molar-refractivity contribution in [2.75, 3.05) is 24.7 Å². The molecule has 1 fully saturated rings. The van der Waals surface area contributed by atoms with Crippen molar-refractivity contribution < 1.29 is 42.9 Å². The minimum absolute atomic E-state index is 0.130. The number of nitrogens with one attached hydrogen (secondary N) is 3. The number of ether oxygens (including phenoxy) is 1. The predicted octanol–water partition coefficient (Wildman–Crippen LogP) is 4.48. The SMILES string of the molecule is Cc1ccc(CSC[C@@H](NC(=O)CNC(=O)COc2ccc([C@]3(c4ccc(F)cc4)NC(=O)[C@@H]3SCC(O)c3ccc(F)cc3)cc2)C(=O)O)cc1. The first kappa shape index (κ1) is 38.3. The summed E-state index contributed by atoms with van der Waals surface area (Å²) < 4.78 is 32.9. The standard InChI is InChI=1S/C38H37F2N3O7S2/c1-23-2-4-24(5-3-23)20-51-21-31(37(48)49)42-33(45)18-41-34(46)19-50-30-16-10-27(11-17-30)38(26-8-14-29(40)15-9-26)35(36(47)43-38)52-22-32(44)25-6-12-28(39)13-7-25/h2-17,31-32,35,44H,18-22H2,1H3,(H,41,46)(H,42,45)(H,43,47)(H,48,49)/t31-,32?,35+,38+/m1/s1. The van der Waals surface area contributed by atoms with E-state index in [4.69, 9.17) is 4.74 Å². The van der Waals surface area contributed by atoms with E-state index in [0.717, 1.165) is 11.1 Å². The van der Waals surface area contributed by atoms with Crippen molar-refractivity contribution in [3.8, 4) is 5.75 Å². The molecule has 1 saturated heterocycles. The van der Waals surface area contributed by atoms with Crippen LogP contribution in [0.1, 0.15) is 33.9 Å². The first-order valence-electron chi connectivity index (χ1n) is 16.2. The third kappa shape index (κ3) is 9.69. The van der Waals surface area contributed by atoms with Gasteiger partial charge < -0.3 is 30.9 Å². The maximum absolute atomic E-state index is 13.9. The van der Waals surface area contributed by atoms with Gasteiger partial charge in [-0.1, -0.05) is 66.2 Å². The van der Waals surface area contributed by atoms with Gasteiger partial charge in [-0.15, -0.1) is 11.8 Å². The quantitative estimate of drug-likeness (QED) is 0.0984. The van der Waals surface area contributed by atoms with Crippen LogP contribution in [-0.4, -0.2) is 69.9 Å². The minimum atomic E-state index is -1.18. The lowest BCUT2D eigenvalue weighted by Crippen LogP contribution is -2.69. The number of amides is 3. The van der Waals surface area contributed by atoms with Gasteiger partial charge in [0.1, 0.15) is 34.2 Å². The van der Waals surface area contributed by atoms with Crippen LogP contribution in [0, 0.1) is 18.6 Å². The van der Waals surface area contributed by atoms with Crippen LogP contribution in [0.4, 0.5) is 8.78 Å². The van der Waals surface area contributed by atoms with Crippen molar-refractivity contribution in [1.82, 2.24) is 16.0 Å². The molecular weight excluding hydrogens is 713 g/mol. The Morgan fingerprint density at radius 3 is 2.06 bits per heavy atom. The topological polar surface area (TPSA) is 154 Å². The lowest BCUT2D eigenvalue weighted by Gasteiger charge is -2.50. The molecule has 4 aromatic carbocycles. The van der Waals surface area contributed by atoms with Gasteiger partial charge in [-0.2, -0.15) is 11.8 Å². The molecule has 1 unspecified atom stereocenters. The number of carboxylic acid groups (broad SMARTS) is 1. The Balaban J connectivity index is 1.15. The summed E-state index contributed by atoms with van der Waals surface area (Å²) in [5.74, 6) is -2.44. The number of carboxylic acids is 1. The highest BCUT2D eigenvalue weighted by atomic mass is 32.2. The maximum Gasteiger partial charge on any atom is 0.327 e.